The van der Waals surface area contributed by atoms with Gasteiger partial charge in [0.2, 0.25) is 5.91 Å². The zero-order chi connectivity index (χ0) is 14.0. The predicted octanol–water partition coefficient (Wildman–Crippen LogP) is 5.00. The molecule has 0 atom stereocenters. The normalized spacial score (nSPS) is 16.9. The lowest BCUT2D eigenvalue weighted by atomic mass is 9.87. The van der Waals surface area contributed by atoms with Crippen LogP contribution in [0.2, 0.25) is 0 Å². The van der Waals surface area contributed by atoms with Gasteiger partial charge in [0.15, 0.2) is 0 Å². The van der Waals surface area contributed by atoms with Gasteiger partial charge in [-0.25, -0.2) is 0 Å². The lowest BCUT2D eigenvalue weighted by Crippen LogP contribution is -2.32. The van der Waals surface area contributed by atoms with Crippen LogP contribution in [-0.4, -0.2) is 5.91 Å². The van der Waals surface area contributed by atoms with E-state index in [0.717, 1.165) is 26.3 Å². The fourth-order valence-corrected chi connectivity index (χ4v) is 4.72. The molecule has 0 spiro atoms. The number of halogens is 3. The number of nitriles is 1. The Hall–Kier alpha value is -0.380. The van der Waals surface area contributed by atoms with Gasteiger partial charge >= 0.3 is 0 Å². The second kappa shape index (κ2) is 5.94. The second-order valence-electron chi connectivity index (χ2n) is 4.60. The number of benzene rings is 1. The number of hydrogen-bond donors (Lipinski definition) is 1. The summed E-state index contributed by atoms with van der Waals surface area (Å²) < 4.78 is 2.45. The van der Waals surface area contributed by atoms with Crippen LogP contribution in [0.5, 0.6) is 0 Å². The summed E-state index contributed by atoms with van der Waals surface area (Å²) in [6, 6.07) is 5.91. The van der Waals surface area contributed by atoms with E-state index in [4.69, 9.17) is 0 Å². The topological polar surface area (TPSA) is 52.9 Å². The first-order valence-corrected chi connectivity index (χ1v) is 8.24. The number of nitrogens with zero attached hydrogens (tertiary/aromatic N) is 1. The lowest BCUT2D eigenvalue weighted by Gasteiger charge is -2.20. The Labute approximate surface area is 137 Å². The minimum absolute atomic E-state index is 0.212. The second-order valence-corrected chi connectivity index (χ2v) is 7.22. The number of rotatable bonds is 2. The summed E-state index contributed by atoms with van der Waals surface area (Å²) >= 11 is 10.2. The van der Waals surface area contributed by atoms with Gasteiger partial charge in [-0.15, -0.1) is 0 Å². The van der Waals surface area contributed by atoms with E-state index < -0.39 is 5.41 Å². The zero-order valence-corrected chi connectivity index (χ0v) is 14.7. The highest BCUT2D eigenvalue weighted by atomic mass is 79.9. The highest BCUT2D eigenvalue weighted by Gasteiger charge is 2.41. The van der Waals surface area contributed by atoms with Gasteiger partial charge in [0.25, 0.3) is 0 Å². The van der Waals surface area contributed by atoms with E-state index in [2.05, 4.69) is 59.2 Å². The maximum atomic E-state index is 12.4. The van der Waals surface area contributed by atoms with Gasteiger partial charge < -0.3 is 5.32 Å². The Morgan fingerprint density at radius 3 is 2.21 bits per heavy atom. The van der Waals surface area contributed by atoms with E-state index in [0.29, 0.717) is 18.5 Å². The number of nitrogens with one attached hydrogen (secondary N) is 1. The maximum Gasteiger partial charge on any atom is 0.244 e. The molecule has 0 aliphatic heterocycles. The van der Waals surface area contributed by atoms with Crippen molar-refractivity contribution in [1.29, 1.82) is 5.26 Å². The first-order chi connectivity index (χ1) is 8.98. The van der Waals surface area contributed by atoms with Gasteiger partial charge in [-0.3, -0.25) is 4.79 Å². The van der Waals surface area contributed by atoms with Crippen molar-refractivity contribution in [2.45, 2.75) is 25.7 Å². The van der Waals surface area contributed by atoms with Crippen molar-refractivity contribution in [1.82, 2.24) is 0 Å². The van der Waals surface area contributed by atoms with Crippen LogP contribution in [0.3, 0.4) is 0 Å². The van der Waals surface area contributed by atoms with Crippen molar-refractivity contribution in [3.05, 3.63) is 25.6 Å². The summed E-state index contributed by atoms with van der Waals surface area (Å²) in [7, 11) is 0. The van der Waals surface area contributed by atoms with Crippen LogP contribution in [-0.2, 0) is 4.79 Å². The molecule has 1 amide bonds. The first kappa shape index (κ1) is 15.0. The molecule has 0 saturated heterocycles. The Balaban J connectivity index is 2.27. The molecule has 1 saturated carbocycles. The Kier molecular flexibility index (Phi) is 4.70. The number of hydrogen-bond acceptors (Lipinski definition) is 2. The SMILES string of the molecule is N#CC1(C(=O)Nc2c(Br)cc(Br)cc2Br)CCCC1. The van der Waals surface area contributed by atoms with Gasteiger partial charge in [-0.05, 0) is 56.8 Å². The molecule has 1 N–H and O–H groups in total. The third kappa shape index (κ3) is 3.04. The maximum absolute atomic E-state index is 12.4. The van der Waals surface area contributed by atoms with Crippen LogP contribution < -0.4 is 5.32 Å². The minimum Gasteiger partial charge on any atom is -0.323 e. The summed E-state index contributed by atoms with van der Waals surface area (Å²) in [5.41, 5.74) is -0.207. The summed E-state index contributed by atoms with van der Waals surface area (Å²) in [5, 5.41) is 12.2. The molecule has 1 aromatic rings. The van der Waals surface area contributed by atoms with Gasteiger partial charge in [0.1, 0.15) is 5.41 Å². The predicted molar refractivity (Wildman–Crippen MR) is 84.7 cm³/mol. The third-order valence-electron chi connectivity index (χ3n) is 3.35. The van der Waals surface area contributed by atoms with E-state index in [1.165, 1.54) is 0 Å². The fourth-order valence-electron chi connectivity index (χ4n) is 2.26. The molecule has 100 valence electrons. The fraction of sp³-hybridized carbons (Fsp3) is 0.385. The number of anilines is 1. The van der Waals surface area contributed by atoms with Crippen molar-refractivity contribution < 1.29 is 4.79 Å². The minimum atomic E-state index is -0.869. The van der Waals surface area contributed by atoms with E-state index in [9.17, 15) is 10.1 Å². The van der Waals surface area contributed by atoms with Gasteiger partial charge in [0, 0.05) is 13.4 Å². The van der Waals surface area contributed by atoms with Crippen LogP contribution in [0.4, 0.5) is 5.69 Å². The van der Waals surface area contributed by atoms with Crippen LogP contribution in [0.25, 0.3) is 0 Å². The number of amides is 1. The molecule has 0 heterocycles. The summed E-state index contributed by atoms with van der Waals surface area (Å²) in [4.78, 5) is 12.4. The molecule has 0 bridgehead atoms. The van der Waals surface area contributed by atoms with Gasteiger partial charge in [-0.1, -0.05) is 28.8 Å². The number of carbonyl (C=O) groups excluding carboxylic acids is 1. The van der Waals surface area contributed by atoms with Crippen molar-refractivity contribution in [3.63, 3.8) is 0 Å². The lowest BCUT2D eigenvalue weighted by molar-refractivity contribution is -0.122. The quantitative estimate of drug-likeness (QED) is 0.689. The molecule has 1 aliphatic rings. The smallest absolute Gasteiger partial charge is 0.244 e. The largest absolute Gasteiger partial charge is 0.323 e. The molecule has 0 aromatic heterocycles. The van der Waals surface area contributed by atoms with Gasteiger partial charge in [0.05, 0.1) is 11.8 Å². The highest BCUT2D eigenvalue weighted by Crippen LogP contribution is 2.40. The standard InChI is InChI=1S/C13H11Br3N2O/c14-8-5-9(15)11(10(16)6-8)18-12(19)13(7-17)3-1-2-4-13/h5-6H,1-4H2,(H,18,19). The molecule has 1 aliphatic carbocycles. The van der Waals surface area contributed by atoms with Gasteiger partial charge in [-0.2, -0.15) is 5.26 Å². The van der Waals surface area contributed by atoms with Crippen molar-refractivity contribution >= 4 is 59.4 Å². The zero-order valence-electron chi connectivity index (χ0n) is 9.97. The average Bonchev–Trinajstić information content (AvgIpc) is 2.83. The molecular weight excluding hydrogens is 440 g/mol. The Morgan fingerprint density at radius 1 is 1.21 bits per heavy atom. The monoisotopic (exact) mass is 448 g/mol. The third-order valence-corrected chi connectivity index (χ3v) is 5.06. The first-order valence-electron chi connectivity index (χ1n) is 5.86. The molecule has 6 heteroatoms. The molecule has 19 heavy (non-hydrogen) atoms. The average molecular weight is 451 g/mol. The molecule has 0 unspecified atom stereocenters. The summed E-state index contributed by atoms with van der Waals surface area (Å²) in [6.45, 7) is 0. The molecule has 1 aromatic carbocycles. The number of carbonyl (C=O) groups is 1. The molecule has 0 radical (unpaired) electrons. The van der Waals surface area contributed by atoms with Crippen LogP contribution in [0.15, 0.2) is 25.6 Å². The van der Waals surface area contributed by atoms with E-state index in [-0.39, 0.29) is 5.91 Å². The molecule has 2 rings (SSSR count). The van der Waals surface area contributed by atoms with Crippen LogP contribution >= 0.6 is 47.8 Å². The van der Waals surface area contributed by atoms with Crippen molar-refractivity contribution in [2.24, 2.45) is 5.41 Å². The summed E-state index contributed by atoms with van der Waals surface area (Å²) in [6.07, 6.45) is 3.15. The van der Waals surface area contributed by atoms with E-state index in [1.54, 1.807) is 0 Å². The van der Waals surface area contributed by atoms with Crippen molar-refractivity contribution in [3.8, 4) is 6.07 Å². The van der Waals surface area contributed by atoms with Crippen LogP contribution in [0, 0.1) is 16.7 Å². The molecule has 1 fully saturated rings. The molecule has 3 nitrogen and oxygen atoms in total. The highest BCUT2D eigenvalue weighted by molar-refractivity contribution is 9.11. The summed E-state index contributed by atoms with van der Waals surface area (Å²) in [5.74, 6) is -0.212. The Morgan fingerprint density at radius 2 is 1.74 bits per heavy atom. The molecular formula is C13H11Br3N2O. The Bertz CT molecular complexity index is 536. The van der Waals surface area contributed by atoms with E-state index >= 15 is 0 Å². The van der Waals surface area contributed by atoms with E-state index in [1.807, 2.05) is 12.1 Å². The van der Waals surface area contributed by atoms with Crippen LogP contribution in [0.1, 0.15) is 25.7 Å². The van der Waals surface area contributed by atoms with Crippen molar-refractivity contribution in [2.75, 3.05) is 5.32 Å².